The fourth-order valence-corrected chi connectivity index (χ4v) is 3.00. The summed E-state index contributed by atoms with van der Waals surface area (Å²) in [6.07, 6.45) is 1.91. The lowest BCUT2D eigenvalue weighted by Gasteiger charge is -2.18. The van der Waals surface area contributed by atoms with Gasteiger partial charge in [-0.2, -0.15) is 4.98 Å². The molecule has 1 amide bonds. The third-order valence-corrected chi connectivity index (χ3v) is 4.35. The fraction of sp³-hybridized carbons (Fsp3) is 0.222. The van der Waals surface area contributed by atoms with Gasteiger partial charge in [0.1, 0.15) is 11.5 Å². The van der Waals surface area contributed by atoms with E-state index in [-0.39, 0.29) is 24.1 Å². The number of hydrogen-bond donors (Lipinski definition) is 0. The third-order valence-electron chi connectivity index (χ3n) is 4.35. The Morgan fingerprint density at radius 1 is 1.24 bits per heavy atom. The van der Waals surface area contributed by atoms with Gasteiger partial charge in [-0.15, -0.1) is 0 Å². The number of benzene rings is 1. The van der Waals surface area contributed by atoms with Crippen LogP contribution in [-0.2, 0) is 4.79 Å². The van der Waals surface area contributed by atoms with Crippen molar-refractivity contribution in [2.24, 2.45) is 0 Å². The Morgan fingerprint density at radius 3 is 2.92 bits per heavy atom. The van der Waals surface area contributed by atoms with Crippen molar-refractivity contribution in [3.05, 3.63) is 59.8 Å². The number of anilines is 1. The number of carbonyl (C=O) groups is 1. The van der Waals surface area contributed by atoms with Gasteiger partial charge < -0.3 is 9.42 Å². The molecule has 7 heteroatoms. The van der Waals surface area contributed by atoms with Crippen LogP contribution in [0.4, 0.5) is 10.1 Å². The Morgan fingerprint density at radius 2 is 2.12 bits per heavy atom. The summed E-state index contributed by atoms with van der Waals surface area (Å²) >= 11 is 0. The smallest absolute Gasteiger partial charge is 0.276 e. The molecular formula is C18H15FN4O2. The van der Waals surface area contributed by atoms with Crippen molar-refractivity contribution in [3.8, 4) is 11.6 Å². The largest absolute Gasteiger partial charge is 0.332 e. The lowest BCUT2D eigenvalue weighted by atomic mass is 10.1. The summed E-state index contributed by atoms with van der Waals surface area (Å²) in [4.78, 5) is 22.5. The molecule has 2 aromatic heterocycles. The van der Waals surface area contributed by atoms with E-state index in [1.807, 2.05) is 6.07 Å². The normalized spacial score (nSPS) is 17.3. The Balaban J connectivity index is 1.59. The molecule has 0 bridgehead atoms. The molecule has 1 aliphatic rings. The molecule has 0 N–H and O–H groups in total. The number of carbonyl (C=O) groups excluding carboxylic acids is 1. The van der Waals surface area contributed by atoms with E-state index in [9.17, 15) is 9.18 Å². The van der Waals surface area contributed by atoms with Crippen LogP contribution in [0.2, 0.25) is 0 Å². The topological polar surface area (TPSA) is 72.1 Å². The van der Waals surface area contributed by atoms with Gasteiger partial charge in [0.2, 0.25) is 5.91 Å². The van der Waals surface area contributed by atoms with Gasteiger partial charge in [-0.05, 0) is 31.2 Å². The monoisotopic (exact) mass is 338 g/mol. The molecule has 0 aliphatic carbocycles. The van der Waals surface area contributed by atoms with Crippen LogP contribution in [-0.4, -0.2) is 27.6 Å². The first-order valence-electron chi connectivity index (χ1n) is 7.94. The predicted octanol–water partition coefficient (Wildman–Crippen LogP) is 3.10. The highest BCUT2D eigenvalue weighted by Gasteiger charge is 2.35. The lowest BCUT2D eigenvalue weighted by Crippen LogP contribution is -2.25. The molecule has 1 atom stereocenters. The molecular weight excluding hydrogens is 323 g/mol. The van der Waals surface area contributed by atoms with Crippen LogP contribution in [0.15, 0.2) is 47.1 Å². The van der Waals surface area contributed by atoms with Gasteiger partial charge in [-0.1, -0.05) is 17.3 Å². The number of rotatable bonds is 3. The molecule has 25 heavy (non-hydrogen) atoms. The molecule has 1 unspecified atom stereocenters. The summed E-state index contributed by atoms with van der Waals surface area (Å²) in [5.74, 6) is 0.180. The van der Waals surface area contributed by atoms with Crippen LogP contribution >= 0.6 is 0 Å². The van der Waals surface area contributed by atoms with Crippen molar-refractivity contribution in [1.82, 2.24) is 15.1 Å². The molecule has 126 valence electrons. The van der Waals surface area contributed by atoms with Crippen LogP contribution < -0.4 is 4.90 Å². The molecule has 1 aliphatic heterocycles. The minimum Gasteiger partial charge on any atom is -0.332 e. The molecule has 3 aromatic rings. The van der Waals surface area contributed by atoms with Gasteiger partial charge in [0, 0.05) is 36.3 Å². The van der Waals surface area contributed by atoms with Crippen molar-refractivity contribution in [2.45, 2.75) is 19.3 Å². The SMILES string of the molecule is Cc1c(F)cccc1N1CC(c2noc(-c3ccccn3)n2)CC1=O. The zero-order chi connectivity index (χ0) is 17.4. The number of hydrogen-bond acceptors (Lipinski definition) is 5. The lowest BCUT2D eigenvalue weighted by molar-refractivity contribution is -0.117. The number of nitrogens with zero attached hydrogens (tertiary/aromatic N) is 4. The number of halogens is 1. The molecule has 1 saturated heterocycles. The van der Waals surface area contributed by atoms with Crippen molar-refractivity contribution >= 4 is 11.6 Å². The number of amides is 1. The van der Waals surface area contributed by atoms with E-state index >= 15 is 0 Å². The van der Waals surface area contributed by atoms with Gasteiger partial charge in [0.25, 0.3) is 5.89 Å². The Bertz CT molecular complexity index is 926. The van der Waals surface area contributed by atoms with Crippen LogP contribution in [0.5, 0.6) is 0 Å². The van der Waals surface area contributed by atoms with Crippen LogP contribution in [0, 0.1) is 12.7 Å². The van der Waals surface area contributed by atoms with Gasteiger partial charge in [0.05, 0.1) is 0 Å². The van der Waals surface area contributed by atoms with Gasteiger partial charge >= 0.3 is 0 Å². The van der Waals surface area contributed by atoms with E-state index in [0.717, 1.165) is 0 Å². The standard InChI is InChI=1S/C18H15FN4O2/c1-11-13(19)5-4-7-15(11)23-10-12(9-16(23)24)17-21-18(25-22-17)14-6-2-3-8-20-14/h2-8,12H,9-10H2,1H3. The quantitative estimate of drug-likeness (QED) is 0.734. The first-order chi connectivity index (χ1) is 12.1. The van der Waals surface area contributed by atoms with Crippen LogP contribution in [0.25, 0.3) is 11.6 Å². The van der Waals surface area contributed by atoms with E-state index in [1.165, 1.54) is 6.07 Å². The van der Waals surface area contributed by atoms with Crippen molar-refractivity contribution in [1.29, 1.82) is 0 Å². The maximum Gasteiger partial charge on any atom is 0.276 e. The molecule has 1 fully saturated rings. The second-order valence-electron chi connectivity index (χ2n) is 5.96. The van der Waals surface area contributed by atoms with E-state index < -0.39 is 0 Å². The molecule has 3 heterocycles. The van der Waals surface area contributed by atoms with Gasteiger partial charge in [0.15, 0.2) is 5.82 Å². The van der Waals surface area contributed by atoms with Crippen LogP contribution in [0.3, 0.4) is 0 Å². The highest BCUT2D eigenvalue weighted by Crippen LogP contribution is 2.33. The molecule has 6 nitrogen and oxygen atoms in total. The minimum absolute atomic E-state index is 0.0807. The van der Waals surface area contributed by atoms with E-state index in [0.29, 0.717) is 35.2 Å². The average Bonchev–Trinajstić information content (AvgIpc) is 3.25. The van der Waals surface area contributed by atoms with E-state index in [4.69, 9.17) is 4.52 Å². The summed E-state index contributed by atoms with van der Waals surface area (Å²) in [6, 6.07) is 10.1. The zero-order valence-corrected chi connectivity index (χ0v) is 13.5. The summed E-state index contributed by atoms with van der Waals surface area (Å²) < 4.78 is 19.1. The number of pyridine rings is 1. The molecule has 0 radical (unpaired) electrons. The Labute approximate surface area is 143 Å². The maximum atomic E-state index is 13.8. The van der Waals surface area contributed by atoms with Crippen LogP contribution in [0.1, 0.15) is 23.7 Å². The summed E-state index contributed by atoms with van der Waals surface area (Å²) in [7, 11) is 0. The summed E-state index contributed by atoms with van der Waals surface area (Å²) in [5, 5.41) is 4.00. The molecule has 0 saturated carbocycles. The predicted molar refractivity (Wildman–Crippen MR) is 88.4 cm³/mol. The maximum absolute atomic E-state index is 13.8. The van der Waals surface area contributed by atoms with Gasteiger partial charge in [-0.3, -0.25) is 9.78 Å². The number of aromatic nitrogens is 3. The minimum atomic E-state index is -0.328. The highest BCUT2D eigenvalue weighted by molar-refractivity contribution is 5.97. The Hall–Kier alpha value is -3.09. The average molecular weight is 338 g/mol. The second-order valence-corrected chi connectivity index (χ2v) is 5.96. The second kappa shape index (κ2) is 6.08. The van der Waals surface area contributed by atoms with Crippen molar-refractivity contribution < 1.29 is 13.7 Å². The summed E-state index contributed by atoms with van der Waals surface area (Å²) in [6.45, 7) is 2.06. The van der Waals surface area contributed by atoms with Crippen molar-refractivity contribution in [3.63, 3.8) is 0 Å². The first-order valence-corrected chi connectivity index (χ1v) is 7.94. The summed E-state index contributed by atoms with van der Waals surface area (Å²) in [5.41, 5.74) is 1.63. The van der Waals surface area contributed by atoms with Crippen molar-refractivity contribution in [2.75, 3.05) is 11.4 Å². The zero-order valence-electron chi connectivity index (χ0n) is 13.5. The van der Waals surface area contributed by atoms with E-state index in [1.54, 1.807) is 42.3 Å². The van der Waals surface area contributed by atoms with E-state index in [2.05, 4.69) is 15.1 Å². The highest BCUT2D eigenvalue weighted by atomic mass is 19.1. The van der Waals surface area contributed by atoms with Gasteiger partial charge in [-0.25, -0.2) is 4.39 Å². The molecule has 4 rings (SSSR count). The third kappa shape index (κ3) is 2.77. The molecule has 0 spiro atoms. The molecule has 1 aromatic carbocycles. The Kier molecular flexibility index (Phi) is 3.76. The first kappa shape index (κ1) is 15.4. The fourth-order valence-electron chi connectivity index (χ4n) is 3.00.